The Morgan fingerprint density at radius 3 is 2.30 bits per heavy atom. The van der Waals surface area contributed by atoms with E-state index in [2.05, 4.69) is 6.58 Å². The molecule has 1 rings (SSSR count). The molecule has 0 aliphatic heterocycles. The number of ether oxygens (including phenoxy) is 1. The molecular formula is C22H28O5. The van der Waals surface area contributed by atoms with Crippen LogP contribution in [0.25, 0.3) is 0 Å². The molecule has 1 aromatic carbocycles. The van der Waals surface area contributed by atoms with Gasteiger partial charge in [0.2, 0.25) is 0 Å². The van der Waals surface area contributed by atoms with E-state index < -0.39 is 17.9 Å². The highest BCUT2D eigenvalue weighted by atomic mass is 16.5. The second-order valence-corrected chi connectivity index (χ2v) is 6.89. The van der Waals surface area contributed by atoms with Crippen LogP contribution in [-0.4, -0.2) is 28.1 Å². The van der Waals surface area contributed by atoms with Crippen molar-refractivity contribution in [3.05, 3.63) is 59.2 Å². The van der Waals surface area contributed by atoms with Crippen LogP contribution in [0.5, 0.6) is 11.5 Å². The van der Waals surface area contributed by atoms with E-state index >= 15 is 0 Å². The normalized spacial score (nSPS) is 12.4. The predicted octanol–water partition coefficient (Wildman–Crippen LogP) is 4.63. The third-order valence-corrected chi connectivity index (χ3v) is 4.02. The number of phenolic OH excluding ortho intramolecular Hbond substituents is 2. The maximum atomic E-state index is 13.2. The SMILES string of the molecule is C=C/C=C(\C(=O)c1c(O)ccc(O)c1C)[C@H](CC=C(C)C)OC(=O)C(C)C. The first-order valence-corrected chi connectivity index (χ1v) is 8.82. The van der Waals surface area contributed by atoms with Crippen LogP contribution in [0.1, 0.15) is 50.0 Å². The molecule has 146 valence electrons. The van der Waals surface area contributed by atoms with E-state index in [-0.39, 0.29) is 34.1 Å². The second kappa shape index (κ2) is 9.76. The van der Waals surface area contributed by atoms with Crippen molar-refractivity contribution in [1.29, 1.82) is 0 Å². The highest BCUT2D eigenvalue weighted by Crippen LogP contribution is 2.32. The van der Waals surface area contributed by atoms with Crippen LogP contribution in [0.3, 0.4) is 0 Å². The lowest BCUT2D eigenvalue weighted by molar-refractivity contribution is -0.150. The number of esters is 1. The minimum Gasteiger partial charge on any atom is -0.508 e. The molecular weight excluding hydrogens is 344 g/mol. The lowest BCUT2D eigenvalue weighted by Crippen LogP contribution is -2.27. The Balaban J connectivity index is 3.44. The fourth-order valence-corrected chi connectivity index (χ4v) is 2.43. The van der Waals surface area contributed by atoms with Gasteiger partial charge in [0, 0.05) is 17.6 Å². The van der Waals surface area contributed by atoms with E-state index in [0.29, 0.717) is 6.42 Å². The van der Waals surface area contributed by atoms with Gasteiger partial charge in [-0.3, -0.25) is 9.59 Å². The summed E-state index contributed by atoms with van der Waals surface area (Å²) in [6, 6.07) is 2.57. The first-order valence-electron chi connectivity index (χ1n) is 8.82. The van der Waals surface area contributed by atoms with Gasteiger partial charge < -0.3 is 14.9 Å². The summed E-state index contributed by atoms with van der Waals surface area (Å²) in [5, 5.41) is 20.1. The van der Waals surface area contributed by atoms with Gasteiger partial charge in [-0.05, 0) is 32.9 Å². The van der Waals surface area contributed by atoms with Gasteiger partial charge in [0.1, 0.15) is 17.6 Å². The number of hydrogen-bond donors (Lipinski definition) is 2. The first-order chi connectivity index (χ1) is 12.6. The van der Waals surface area contributed by atoms with Crippen molar-refractivity contribution in [3.8, 4) is 11.5 Å². The molecule has 0 aromatic heterocycles. The number of hydrogen-bond acceptors (Lipinski definition) is 5. The van der Waals surface area contributed by atoms with Gasteiger partial charge >= 0.3 is 5.97 Å². The molecule has 0 aliphatic rings. The van der Waals surface area contributed by atoms with Crippen LogP contribution in [0.4, 0.5) is 0 Å². The number of phenols is 2. The lowest BCUT2D eigenvalue weighted by atomic mass is 9.92. The minimum atomic E-state index is -0.832. The first kappa shape index (κ1) is 22.2. The molecule has 0 saturated carbocycles. The van der Waals surface area contributed by atoms with Gasteiger partial charge in [0.15, 0.2) is 5.78 Å². The maximum absolute atomic E-state index is 13.2. The average Bonchev–Trinajstić information content (AvgIpc) is 2.59. The number of benzene rings is 1. The zero-order chi connectivity index (χ0) is 20.7. The summed E-state index contributed by atoms with van der Waals surface area (Å²) in [4.78, 5) is 25.3. The zero-order valence-electron chi connectivity index (χ0n) is 16.6. The van der Waals surface area contributed by atoms with E-state index in [4.69, 9.17) is 4.74 Å². The van der Waals surface area contributed by atoms with E-state index in [1.54, 1.807) is 20.8 Å². The molecule has 0 fully saturated rings. The third-order valence-electron chi connectivity index (χ3n) is 4.02. The number of ketones is 1. The fourth-order valence-electron chi connectivity index (χ4n) is 2.43. The number of carbonyl (C=O) groups is 2. The molecule has 0 aliphatic carbocycles. The summed E-state index contributed by atoms with van der Waals surface area (Å²) >= 11 is 0. The van der Waals surface area contributed by atoms with Gasteiger partial charge in [-0.2, -0.15) is 0 Å². The Morgan fingerprint density at radius 2 is 1.78 bits per heavy atom. The largest absolute Gasteiger partial charge is 0.508 e. The standard InChI is InChI=1S/C22H28O5/c1-7-8-16(19(12-9-13(2)3)27-22(26)14(4)5)21(25)20-15(6)17(23)10-11-18(20)24/h7-11,14,19,23-24H,1,12H2,2-6H3/b16-8-/t19-/m0/s1. The van der Waals surface area contributed by atoms with Crippen molar-refractivity contribution in [1.82, 2.24) is 0 Å². The van der Waals surface area contributed by atoms with Crippen LogP contribution in [0.15, 0.2) is 48.1 Å². The monoisotopic (exact) mass is 372 g/mol. The molecule has 0 heterocycles. The quantitative estimate of drug-likeness (QED) is 0.174. The van der Waals surface area contributed by atoms with E-state index in [9.17, 15) is 19.8 Å². The summed E-state index contributed by atoms with van der Waals surface area (Å²) in [5.74, 6) is -1.66. The van der Waals surface area contributed by atoms with Gasteiger partial charge in [-0.1, -0.05) is 44.2 Å². The van der Waals surface area contributed by atoms with Crippen molar-refractivity contribution in [2.75, 3.05) is 0 Å². The molecule has 1 atom stereocenters. The number of aromatic hydroxyl groups is 2. The minimum absolute atomic E-state index is 0.0223. The highest BCUT2D eigenvalue weighted by molar-refractivity contribution is 6.12. The lowest BCUT2D eigenvalue weighted by Gasteiger charge is -2.21. The molecule has 1 aromatic rings. The molecule has 0 spiro atoms. The third kappa shape index (κ3) is 5.84. The van der Waals surface area contributed by atoms with Crippen LogP contribution < -0.4 is 0 Å². The number of rotatable bonds is 8. The maximum Gasteiger partial charge on any atom is 0.308 e. The molecule has 5 heteroatoms. The van der Waals surface area contributed by atoms with E-state index in [1.165, 1.54) is 24.3 Å². The molecule has 0 saturated heterocycles. The van der Waals surface area contributed by atoms with Crippen molar-refractivity contribution in [2.45, 2.75) is 47.1 Å². The van der Waals surface area contributed by atoms with Crippen LogP contribution in [0, 0.1) is 12.8 Å². The van der Waals surface area contributed by atoms with E-state index in [1.807, 2.05) is 19.9 Å². The Hall–Kier alpha value is -2.82. The molecule has 2 N–H and O–H groups in total. The van der Waals surface area contributed by atoms with Crippen LogP contribution in [-0.2, 0) is 9.53 Å². The van der Waals surface area contributed by atoms with Gasteiger partial charge in [0.25, 0.3) is 0 Å². The molecule has 5 nitrogen and oxygen atoms in total. The molecule has 0 radical (unpaired) electrons. The molecule has 0 unspecified atom stereocenters. The Morgan fingerprint density at radius 1 is 1.19 bits per heavy atom. The van der Waals surface area contributed by atoms with Crippen molar-refractivity contribution in [2.24, 2.45) is 5.92 Å². The second-order valence-electron chi connectivity index (χ2n) is 6.89. The van der Waals surface area contributed by atoms with Crippen molar-refractivity contribution >= 4 is 11.8 Å². The van der Waals surface area contributed by atoms with Gasteiger partial charge in [0.05, 0.1) is 11.5 Å². The Kier molecular flexibility index (Phi) is 8.03. The zero-order valence-corrected chi connectivity index (χ0v) is 16.6. The van der Waals surface area contributed by atoms with Gasteiger partial charge in [-0.25, -0.2) is 0 Å². The number of carbonyl (C=O) groups excluding carboxylic acids is 2. The van der Waals surface area contributed by atoms with E-state index in [0.717, 1.165) is 5.57 Å². The summed E-state index contributed by atoms with van der Waals surface area (Å²) in [6.45, 7) is 12.4. The number of Topliss-reactive ketones (excluding diaryl/α,β-unsaturated/α-hetero) is 1. The Labute approximate surface area is 160 Å². The van der Waals surface area contributed by atoms with Crippen molar-refractivity contribution < 1.29 is 24.5 Å². The molecule has 27 heavy (non-hydrogen) atoms. The summed E-state index contributed by atoms with van der Waals surface area (Å²) in [7, 11) is 0. The summed E-state index contributed by atoms with van der Waals surface area (Å²) in [5.41, 5.74) is 1.43. The van der Waals surface area contributed by atoms with Crippen LogP contribution >= 0.6 is 0 Å². The van der Waals surface area contributed by atoms with Crippen LogP contribution in [0.2, 0.25) is 0 Å². The Bertz CT molecular complexity index is 780. The molecule has 0 amide bonds. The summed E-state index contributed by atoms with van der Waals surface area (Å²) < 4.78 is 5.57. The fraction of sp³-hybridized carbons (Fsp3) is 0.364. The number of allylic oxidation sites excluding steroid dienone is 3. The highest BCUT2D eigenvalue weighted by Gasteiger charge is 2.28. The smallest absolute Gasteiger partial charge is 0.308 e. The predicted molar refractivity (Wildman–Crippen MR) is 106 cm³/mol. The molecule has 0 bridgehead atoms. The summed E-state index contributed by atoms with van der Waals surface area (Å²) in [6.07, 6.45) is 4.26. The topological polar surface area (TPSA) is 83.8 Å². The van der Waals surface area contributed by atoms with Crippen molar-refractivity contribution in [3.63, 3.8) is 0 Å². The average molecular weight is 372 g/mol. The van der Waals surface area contributed by atoms with Gasteiger partial charge in [-0.15, -0.1) is 0 Å².